The molecule has 1 aromatic heterocycles. The maximum Gasteiger partial charge on any atom is 0.125 e. The molecule has 0 bridgehead atoms. The largest absolute Gasteiger partial charge is 0.488 e. The van der Waals surface area contributed by atoms with Gasteiger partial charge in [0.1, 0.15) is 11.9 Å². The van der Waals surface area contributed by atoms with Gasteiger partial charge in [0, 0.05) is 36.5 Å². The number of hydrogen-bond acceptors (Lipinski definition) is 4. The average Bonchev–Trinajstić information content (AvgIpc) is 3.17. The lowest BCUT2D eigenvalue weighted by atomic mass is 9.78. The Hall–Kier alpha value is -1.56. The summed E-state index contributed by atoms with van der Waals surface area (Å²) < 4.78 is 6.03. The lowest BCUT2D eigenvalue weighted by molar-refractivity contribution is -0.0231. The van der Waals surface area contributed by atoms with E-state index in [9.17, 15) is 5.11 Å². The first-order valence-corrected chi connectivity index (χ1v) is 8.86. The number of nitrogens with zero attached hydrogens (tertiary/aromatic N) is 2. The number of rotatable bonds is 4. The predicted molar refractivity (Wildman–Crippen MR) is 92.0 cm³/mol. The zero-order valence-electron chi connectivity index (χ0n) is 13.4. The molecule has 0 unspecified atom stereocenters. The number of halogens is 1. The second-order valence-corrected chi connectivity index (χ2v) is 7.38. The van der Waals surface area contributed by atoms with Crippen molar-refractivity contribution in [1.29, 1.82) is 0 Å². The molecule has 4 atom stereocenters. The first-order chi connectivity index (χ1) is 11.7. The van der Waals surface area contributed by atoms with Crippen LogP contribution in [0.15, 0.2) is 36.5 Å². The van der Waals surface area contributed by atoms with Crippen LogP contribution in [-0.4, -0.2) is 45.5 Å². The maximum absolute atomic E-state index is 10.5. The molecular formula is C18H22ClN3O2. The summed E-state index contributed by atoms with van der Waals surface area (Å²) in [5.41, 5.74) is 1.14. The standard InChI is InChI=1S/C18H22ClN3O2/c19-14-2-1-3-16(8-14)24-18-7-13-10-22(9-12(13)6-17(18)23)11-15-4-5-20-21-15/h1-5,8,12-13,17-18,23H,6-7,9-11H2,(H,20,21)/t12-,13+,17+,18+/m0/s1. The molecule has 6 heteroatoms. The van der Waals surface area contributed by atoms with E-state index in [1.54, 1.807) is 12.3 Å². The maximum atomic E-state index is 10.5. The van der Waals surface area contributed by atoms with Gasteiger partial charge < -0.3 is 9.84 Å². The molecular weight excluding hydrogens is 326 g/mol. The minimum absolute atomic E-state index is 0.156. The summed E-state index contributed by atoms with van der Waals surface area (Å²) in [7, 11) is 0. The third kappa shape index (κ3) is 3.43. The van der Waals surface area contributed by atoms with E-state index in [1.807, 2.05) is 24.3 Å². The number of aromatic amines is 1. The summed E-state index contributed by atoms with van der Waals surface area (Å²) in [5.74, 6) is 1.85. The summed E-state index contributed by atoms with van der Waals surface area (Å²) in [5, 5.41) is 18.2. The van der Waals surface area contributed by atoms with Gasteiger partial charge in [0.15, 0.2) is 0 Å². The molecule has 128 valence electrons. The van der Waals surface area contributed by atoms with E-state index in [0.717, 1.165) is 43.9 Å². The van der Waals surface area contributed by atoms with Gasteiger partial charge in [-0.15, -0.1) is 0 Å². The van der Waals surface area contributed by atoms with Crippen molar-refractivity contribution >= 4 is 11.6 Å². The van der Waals surface area contributed by atoms with Gasteiger partial charge in [0.25, 0.3) is 0 Å². The van der Waals surface area contributed by atoms with E-state index >= 15 is 0 Å². The average molecular weight is 348 g/mol. The Labute approximate surface area is 146 Å². The number of aromatic nitrogens is 2. The molecule has 0 radical (unpaired) electrons. The number of H-pyrrole nitrogens is 1. The lowest BCUT2D eigenvalue weighted by Gasteiger charge is -2.35. The third-order valence-electron chi connectivity index (χ3n) is 5.20. The number of nitrogens with one attached hydrogen (secondary N) is 1. The highest BCUT2D eigenvalue weighted by Gasteiger charge is 2.42. The number of hydrogen-bond donors (Lipinski definition) is 2. The van der Waals surface area contributed by atoms with Gasteiger partial charge in [0.05, 0.1) is 6.10 Å². The molecule has 0 spiro atoms. The molecule has 2 aliphatic rings. The molecule has 1 aromatic carbocycles. The smallest absolute Gasteiger partial charge is 0.125 e. The van der Waals surface area contributed by atoms with Crippen LogP contribution >= 0.6 is 11.6 Å². The fourth-order valence-corrected chi connectivity index (χ4v) is 4.25. The fourth-order valence-electron chi connectivity index (χ4n) is 4.07. The molecule has 1 saturated heterocycles. The molecule has 1 aliphatic carbocycles. The van der Waals surface area contributed by atoms with Crippen LogP contribution in [0.3, 0.4) is 0 Å². The van der Waals surface area contributed by atoms with E-state index in [2.05, 4.69) is 15.1 Å². The quantitative estimate of drug-likeness (QED) is 0.892. The molecule has 24 heavy (non-hydrogen) atoms. The molecule has 2 heterocycles. The van der Waals surface area contributed by atoms with Gasteiger partial charge in [-0.05, 0) is 48.9 Å². The SMILES string of the molecule is O[C@@H]1C[C@H]2CN(Cc3ccn[nH]3)C[C@H]2C[C@H]1Oc1cccc(Cl)c1. The third-order valence-corrected chi connectivity index (χ3v) is 5.43. The van der Waals surface area contributed by atoms with Crippen molar-refractivity contribution in [2.24, 2.45) is 11.8 Å². The number of likely N-dealkylation sites (tertiary alicyclic amines) is 1. The van der Waals surface area contributed by atoms with Crippen molar-refractivity contribution in [3.63, 3.8) is 0 Å². The molecule has 0 amide bonds. The Bertz CT molecular complexity index is 679. The molecule has 1 aliphatic heterocycles. The first kappa shape index (κ1) is 15.9. The van der Waals surface area contributed by atoms with Crippen molar-refractivity contribution in [3.8, 4) is 5.75 Å². The van der Waals surface area contributed by atoms with E-state index in [-0.39, 0.29) is 6.10 Å². The van der Waals surface area contributed by atoms with Gasteiger partial charge in [-0.25, -0.2) is 0 Å². The summed E-state index contributed by atoms with van der Waals surface area (Å²) in [6.45, 7) is 2.97. The molecule has 5 nitrogen and oxygen atoms in total. The number of fused-ring (bicyclic) bond motifs is 1. The molecule has 4 rings (SSSR count). The van der Waals surface area contributed by atoms with Crippen LogP contribution in [-0.2, 0) is 6.54 Å². The number of ether oxygens (including phenoxy) is 1. The Morgan fingerprint density at radius 3 is 2.83 bits per heavy atom. The summed E-state index contributed by atoms with van der Waals surface area (Å²) >= 11 is 6.02. The summed E-state index contributed by atoms with van der Waals surface area (Å²) in [6, 6.07) is 9.41. The second-order valence-electron chi connectivity index (χ2n) is 6.95. The van der Waals surface area contributed by atoms with Gasteiger partial charge in [-0.2, -0.15) is 5.10 Å². The van der Waals surface area contributed by atoms with E-state index < -0.39 is 6.10 Å². The van der Waals surface area contributed by atoms with Crippen LogP contribution in [0.5, 0.6) is 5.75 Å². The van der Waals surface area contributed by atoms with Crippen LogP contribution in [0.25, 0.3) is 0 Å². The van der Waals surface area contributed by atoms with E-state index in [4.69, 9.17) is 16.3 Å². The topological polar surface area (TPSA) is 61.4 Å². The monoisotopic (exact) mass is 347 g/mol. The Balaban J connectivity index is 1.38. The highest BCUT2D eigenvalue weighted by atomic mass is 35.5. The molecule has 1 saturated carbocycles. The molecule has 2 fully saturated rings. The van der Waals surface area contributed by atoms with Crippen LogP contribution in [0.2, 0.25) is 5.02 Å². The predicted octanol–water partition coefficient (Wildman–Crippen LogP) is 2.71. The van der Waals surface area contributed by atoms with Crippen molar-refractivity contribution in [1.82, 2.24) is 15.1 Å². The normalized spacial score (nSPS) is 30.2. The second kappa shape index (κ2) is 6.75. The highest BCUT2D eigenvalue weighted by molar-refractivity contribution is 6.30. The first-order valence-electron chi connectivity index (χ1n) is 8.48. The van der Waals surface area contributed by atoms with E-state index in [0.29, 0.717) is 16.9 Å². The fraction of sp³-hybridized carbons (Fsp3) is 0.500. The highest BCUT2D eigenvalue weighted by Crippen LogP contribution is 2.38. The number of benzene rings is 1. The number of aliphatic hydroxyl groups excluding tert-OH is 1. The van der Waals surface area contributed by atoms with Gasteiger partial charge >= 0.3 is 0 Å². The van der Waals surface area contributed by atoms with E-state index in [1.165, 1.54) is 0 Å². The van der Waals surface area contributed by atoms with Crippen LogP contribution < -0.4 is 4.74 Å². The van der Waals surface area contributed by atoms with Gasteiger partial charge in [0.2, 0.25) is 0 Å². The molecule has 2 N–H and O–H groups in total. The summed E-state index contributed by atoms with van der Waals surface area (Å²) in [6.07, 6.45) is 2.90. The minimum Gasteiger partial charge on any atom is -0.488 e. The Morgan fingerprint density at radius 1 is 1.25 bits per heavy atom. The summed E-state index contributed by atoms with van der Waals surface area (Å²) in [4.78, 5) is 2.44. The van der Waals surface area contributed by atoms with Gasteiger partial charge in [-0.1, -0.05) is 17.7 Å². The van der Waals surface area contributed by atoms with Gasteiger partial charge in [-0.3, -0.25) is 10.00 Å². The van der Waals surface area contributed by atoms with Crippen LogP contribution in [0, 0.1) is 11.8 Å². The molecule has 2 aromatic rings. The van der Waals surface area contributed by atoms with Crippen LogP contribution in [0.4, 0.5) is 0 Å². The van der Waals surface area contributed by atoms with Crippen molar-refractivity contribution in [2.75, 3.05) is 13.1 Å². The zero-order valence-corrected chi connectivity index (χ0v) is 14.2. The number of aliphatic hydroxyl groups is 1. The Morgan fingerprint density at radius 2 is 2.08 bits per heavy atom. The van der Waals surface area contributed by atoms with Crippen molar-refractivity contribution in [3.05, 3.63) is 47.2 Å². The van der Waals surface area contributed by atoms with Crippen molar-refractivity contribution < 1.29 is 9.84 Å². The minimum atomic E-state index is -0.419. The Kier molecular flexibility index (Phi) is 4.48. The zero-order chi connectivity index (χ0) is 16.5. The van der Waals surface area contributed by atoms with Crippen LogP contribution in [0.1, 0.15) is 18.5 Å². The lowest BCUT2D eigenvalue weighted by Crippen LogP contribution is -2.42. The van der Waals surface area contributed by atoms with Crippen molar-refractivity contribution in [2.45, 2.75) is 31.6 Å².